The fourth-order valence-electron chi connectivity index (χ4n) is 4.00. The molecule has 4 heterocycles. The third-order valence-corrected chi connectivity index (χ3v) is 5.76. The number of hydrogen-bond acceptors (Lipinski definition) is 11. The molecule has 4 rings (SSSR count). The second-order valence-electron chi connectivity index (χ2n) is 10.2. The van der Waals surface area contributed by atoms with Gasteiger partial charge in [-0.25, -0.2) is 28.5 Å². The van der Waals surface area contributed by atoms with E-state index in [1.54, 1.807) is 45.7 Å². The highest BCUT2D eigenvalue weighted by molar-refractivity contribution is 5.96. The van der Waals surface area contributed by atoms with Gasteiger partial charge < -0.3 is 34.3 Å². The predicted octanol–water partition coefficient (Wildman–Crippen LogP) is 2.49. The number of amides is 1. The van der Waals surface area contributed by atoms with Crippen molar-refractivity contribution in [2.24, 2.45) is 0 Å². The van der Waals surface area contributed by atoms with Crippen molar-refractivity contribution in [3.8, 4) is 11.6 Å². The summed E-state index contributed by atoms with van der Waals surface area (Å²) in [4.78, 5) is 35.0. The lowest BCUT2D eigenvalue weighted by atomic mass is 10.1. The summed E-state index contributed by atoms with van der Waals surface area (Å²) in [6.07, 6.45) is 3.37. The largest absolute Gasteiger partial charge is 0.486 e. The Kier molecular flexibility index (Phi) is 8.57. The van der Waals surface area contributed by atoms with Gasteiger partial charge in [-0.05, 0) is 40.7 Å². The first-order valence-electron chi connectivity index (χ1n) is 12.8. The molecule has 0 spiro atoms. The Bertz CT molecular complexity index is 1380. The minimum atomic E-state index is -0.651. The van der Waals surface area contributed by atoms with Crippen molar-refractivity contribution < 1.29 is 38.0 Å². The number of alkyl carbamates (subject to hydrolysis) is 1. The third-order valence-electron chi connectivity index (χ3n) is 5.76. The van der Waals surface area contributed by atoms with Crippen LogP contribution in [0.15, 0.2) is 24.7 Å². The summed E-state index contributed by atoms with van der Waals surface area (Å²) in [6.45, 7) is 8.81. The van der Waals surface area contributed by atoms with Crippen molar-refractivity contribution in [2.45, 2.75) is 58.8 Å². The molecule has 0 radical (unpaired) electrons. The van der Waals surface area contributed by atoms with Crippen LogP contribution in [0.1, 0.15) is 50.5 Å². The summed E-state index contributed by atoms with van der Waals surface area (Å²) >= 11 is 0. The first-order chi connectivity index (χ1) is 19.0. The molecule has 0 aromatic carbocycles. The summed E-state index contributed by atoms with van der Waals surface area (Å²) in [5, 5.41) is 17.0. The average molecular weight is 561 g/mol. The molecule has 0 bridgehead atoms. The standard InChI is InChI=1S/C26H33FN6O7/c1-6-37-24(35)19-9-29-33-11-20-22(31-21(19)33)32(18(12-34)14-38-20)10-16-7-17(27)8-28-23(16)39-13-15(2)30-25(36)40-26(3,4)5/h7-9,11,15,18,34H,6,10,12-14H2,1-5H3,(H,30,36)/t15-,18-/m1/s1. The third kappa shape index (κ3) is 6.68. The number of nitrogens with zero attached hydrogens (tertiary/aromatic N) is 5. The zero-order valence-electron chi connectivity index (χ0n) is 23.0. The normalized spacial score (nSPS) is 15.7. The van der Waals surface area contributed by atoms with Crippen molar-refractivity contribution in [3.05, 3.63) is 41.6 Å². The van der Waals surface area contributed by atoms with Gasteiger partial charge in [0.25, 0.3) is 0 Å². The molecule has 0 saturated carbocycles. The van der Waals surface area contributed by atoms with E-state index in [-0.39, 0.29) is 50.1 Å². The highest BCUT2D eigenvalue weighted by Crippen LogP contribution is 2.35. The highest BCUT2D eigenvalue weighted by atomic mass is 19.1. The molecule has 0 saturated heterocycles. The number of ether oxygens (including phenoxy) is 4. The van der Waals surface area contributed by atoms with Crippen LogP contribution in [0.3, 0.4) is 0 Å². The second-order valence-corrected chi connectivity index (χ2v) is 10.2. The summed E-state index contributed by atoms with van der Waals surface area (Å²) in [7, 11) is 0. The Morgan fingerprint density at radius 2 is 2.10 bits per heavy atom. The zero-order valence-corrected chi connectivity index (χ0v) is 23.0. The monoisotopic (exact) mass is 560 g/mol. The van der Waals surface area contributed by atoms with Gasteiger partial charge in [-0.2, -0.15) is 5.10 Å². The SMILES string of the molecule is CCOC(=O)c1cnn2cc3c(nc12)N(Cc1cc(F)cnc1OC[C@@H](C)NC(=O)OC(C)(C)C)[C@H](CO)CO3. The number of halogens is 1. The zero-order chi connectivity index (χ0) is 29.0. The molecule has 3 aromatic heterocycles. The van der Waals surface area contributed by atoms with E-state index in [1.807, 2.05) is 0 Å². The Hall–Kier alpha value is -4.20. The number of anilines is 1. The molecule has 3 aromatic rings. The molecule has 14 heteroatoms. The number of rotatable bonds is 9. The average Bonchev–Trinajstić information content (AvgIpc) is 3.29. The molecule has 1 aliphatic rings. The highest BCUT2D eigenvalue weighted by Gasteiger charge is 2.32. The maximum absolute atomic E-state index is 14.3. The van der Waals surface area contributed by atoms with Gasteiger partial charge in [-0.3, -0.25) is 0 Å². The summed E-state index contributed by atoms with van der Waals surface area (Å²) < 4.78 is 37.8. The van der Waals surface area contributed by atoms with Crippen LogP contribution in [-0.2, 0) is 16.0 Å². The topological polar surface area (TPSA) is 150 Å². The summed E-state index contributed by atoms with van der Waals surface area (Å²) in [6, 6.07) is 0.293. The van der Waals surface area contributed by atoms with E-state index in [0.717, 1.165) is 6.20 Å². The number of aliphatic hydroxyl groups is 1. The number of hydrogen-bond donors (Lipinski definition) is 2. The Morgan fingerprint density at radius 3 is 2.80 bits per heavy atom. The van der Waals surface area contributed by atoms with Crippen molar-refractivity contribution in [1.29, 1.82) is 0 Å². The maximum Gasteiger partial charge on any atom is 0.407 e. The molecule has 216 valence electrons. The lowest BCUT2D eigenvalue weighted by Gasteiger charge is -2.36. The van der Waals surface area contributed by atoms with Crippen molar-refractivity contribution in [1.82, 2.24) is 24.9 Å². The number of carbonyl (C=O) groups is 2. The fraction of sp³-hybridized carbons (Fsp3) is 0.500. The Balaban J connectivity index is 1.59. The fourth-order valence-corrected chi connectivity index (χ4v) is 4.00. The second kappa shape index (κ2) is 11.9. The summed E-state index contributed by atoms with van der Waals surface area (Å²) in [5.74, 6) is -0.343. The van der Waals surface area contributed by atoms with Crippen LogP contribution in [0.5, 0.6) is 11.6 Å². The van der Waals surface area contributed by atoms with Crippen LogP contribution in [0.4, 0.5) is 15.0 Å². The number of aromatic nitrogens is 4. The van der Waals surface area contributed by atoms with Gasteiger partial charge in [0.05, 0.1) is 50.4 Å². The molecule has 1 aliphatic heterocycles. The number of aliphatic hydroxyl groups excluding tert-OH is 1. The van der Waals surface area contributed by atoms with Crippen molar-refractivity contribution in [3.63, 3.8) is 0 Å². The smallest absolute Gasteiger partial charge is 0.407 e. The lowest BCUT2D eigenvalue weighted by molar-refractivity contribution is 0.0490. The molecule has 2 N–H and O–H groups in total. The number of nitrogens with one attached hydrogen (secondary N) is 1. The van der Waals surface area contributed by atoms with Gasteiger partial charge in [0.2, 0.25) is 5.88 Å². The maximum atomic E-state index is 14.3. The lowest BCUT2D eigenvalue weighted by Crippen LogP contribution is -2.45. The van der Waals surface area contributed by atoms with Crippen LogP contribution in [-0.4, -0.2) is 80.9 Å². The van der Waals surface area contributed by atoms with Crippen LogP contribution in [0.25, 0.3) is 5.65 Å². The van der Waals surface area contributed by atoms with Crippen molar-refractivity contribution >= 4 is 23.5 Å². The van der Waals surface area contributed by atoms with Gasteiger partial charge in [0.15, 0.2) is 17.2 Å². The molecule has 1 amide bonds. The van der Waals surface area contributed by atoms with Crippen LogP contribution in [0.2, 0.25) is 0 Å². The minimum absolute atomic E-state index is 0.0333. The Morgan fingerprint density at radius 1 is 1.32 bits per heavy atom. The summed E-state index contributed by atoms with van der Waals surface area (Å²) in [5.41, 5.74) is 0.122. The van der Waals surface area contributed by atoms with E-state index < -0.39 is 35.6 Å². The van der Waals surface area contributed by atoms with Gasteiger partial charge in [0, 0.05) is 5.56 Å². The van der Waals surface area contributed by atoms with Crippen molar-refractivity contribution in [2.75, 3.05) is 31.3 Å². The predicted molar refractivity (Wildman–Crippen MR) is 140 cm³/mol. The van der Waals surface area contributed by atoms with Gasteiger partial charge >= 0.3 is 12.1 Å². The van der Waals surface area contributed by atoms with E-state index >= 15 is 0 Å². The first kappa shape index (κ1) is 28.8. The van der Waals surface area contributed by atoms with Gasteiger partial charge in [-0.15, -0.1) is 0 Å². The molecular weight excluding hydrogens is 527 g/mol. The molecule has 40 heavy (non-hydrogen) atoms. The number of pyridine rings is 1. The number of fused-ring (bicyclic) bond motifs is 2. The Labute approximate surface area is 230 Å². The van der Waals surface area contributed by atoms with Crippen LogP contribution >= 0.6 is 0 Å². The van der Waals surface area contributed by atoms with E-state index in [0.29, 0.717) is 17.1 Å². The minimum Gasteiger partial charge on any atom is -0.486 e. The molecule has 2 atom stereocenters. The van der Waals surface area contributed by atoms with E-state index in [9.17, 15) is 19.1 Å². The molecular formula is C26H33FN6O7. The molecule has 13 nitrogen and oxygen atoms in total. The number of esters is 1. The van der Waals surface area contributed by atoms with Gasteiger partial charge in [0.1, 0.15) is 30.2 Å². The van der Waals surface area contributed by atoms with E-state index in [4.69, 9.17) is 18.9 Å². The van der Waals surface area contributed by atoms with Crippen LogP contribution in [0, 0.1) is 5.82 Å². The van der Waals surface area contributed by atoms with E-state index in [2.05, 4.69) is 20.4 Å². The first-order valence-corrected chi connectivity index (χ1v) is 12.8. The van der Waals surface area contributed by atoms with Gasteiger partial charge in [-0.1, -0.05) is 0 Å². The molecule has 0 aliphatic carbocycles. The molecule has 0 unspecified atom stereocenters. The van der Waals surface area contributed by atoms with E-state index in [1.165, 1.54) is 16.8 Å². The van der Waals surface area contributed by atoms with Crippen LogP contribution < -0.4 is 19.7 Å². The quantitative estimate of drug-likeness (QED) is 0.372. The molecule has 0 fully saturated rings. The number of carbonyl (C=O) groups excluding carboxylic acids is 2.